The van der Waals surface area contributed by atoms with Crippen molar-refractivity contribution in [3.8, 4) is 0 Å². The summed E-state index contributed by atoms with van der Waals surface area (Å²) in [6, 6.07) is -0.0626. The zero-order valence-electron chi connectivity index (χ0n) is 8.79. The Hall–Kier alpha value is -0.380. The van der Waals surface area contributed by atoms with Gasteiger partial charge in [0.25, 0.3) is 0 Å². The van der Waals surface area contributed by atoms with Crippen LogP contribution < -0.4 is 11.1 Å². The van der Waals surface area contributed by atoms with Crippen LogP contribution in [0.3, 0.4) is 0 Å². The Labute approximate surface area is 90.2 Å². The van der Waals surface area contributed by atoms with Crippen molar-refractivity contribution < 1.29 is 4.79 Å². The minimum Gasteiger partial charge on any atom is -0.352 e. The van der Waals surface area contributed by atoms with Gasteiger partial charge in [-0.2, -0.15) is 11.8 Å². The molecule has 0 aromatic rings. The van der Waals surface area contributed by atoms with E-state index in [1.54, 1.807) is 0 Å². The van der Waals surface area contributed by atoms with Crippen molar-refractivity contribution in [2.45, 2.75) is 50.3 Å². The quantitative estimate of drug-likeness (QED) is 0.692. The number of unbranched alkanes of at least 4 members (excludes halogenated alkanes) is 2. The zero-order chi connectivity index (χ0) is 10.4. The molecule has 0 spiro atoms. The minimum atomic E-state index is -0.377. The molecular formula is C10H20N2OS. The van der Waals surface area contributed by atoms with Gasteiger partial charge in [-0.15, -0.1) is 0 Å². The zero-order valence-corrected chi connectivity index (χ0v) is 9.61. The largest absolute Gasteiger partial charge is 0.352 e. The van der Waals surface area contributed by atoms with Gasteiger partial charge in [-0.1, -0.05) is 26.2 Å². The first kappa shape index (κ1) is 11.7. The first-order valence-corrected chi connectivity index (χ1v) is 6.46. The fourth-order valence-electron chi connectivity index (χ4n) is 1.88. The van der Waals surface area contributed by atoms with Gasteiger partial charge in [0.1, 0.15) is 0 Å². The molecule has 0 bridgehead atoms. The topological polar surface area (TPSA) is 55.1 Å². The molecule has 1 rings (SSSR count). The third-order valence-electron chi connectivity index (χ3n) is 2.63. The number of nitrogens with two attached hydrogens (primary N) is 1. The first-order valence-electron chi connectivity index (χ1n) is 5.41. The van der Waals surface area contributed by atoms with Gasteiger partial charge in [0.15, 0.2) is 0 Å². The van der Waals surface area contributed by atoms with E-state index in [2.05, 4.69) is 12.2 Å². The molecule has 1 heterocycles. The lowest BCUT2D eigenvalue weighted by Crippen LogP contribution is -2.42. The molecule has 0 aromatic heterocycles. The molecule has 2 atom stereocenters. The monoisotopic (exact) mass is 216 g/mol. The second kappa shape index (κ2) is 6.17. The summed E-state index contributed by atoms with van der Waals surface area (Å²) in [7, 11) is 0. The number of carbonyl (C=O) groups is 1. The maximum atomic E-state index is 10.7. The summed E-state index contributed by atoms with van der Waals surface area (Å²) in [5, 5.41) is 3.43. The highest BCUT2D eigenvalue weighted by molar-refractivity contribution is 8.00. The van der Waals surface area contributed by atoms with E-state index in [-0.39, 0.29) is 6.03 Å². The van der Waals surface area contributed by atoms with Crippen molar-refractivity contribution >= 4 is 17.8 Å². The molecule has 0 saturated carbocycles. The van der Waals surface area contributed by atoms with E-state index in [4.69, 9.17) is 5.73 Å². The molecule has 0 radical (unpaired) electrons. The summed E-state index contributed by atoms with van der Waals surface area (Å²) in [6.45, 7) is 2.21. The molecule has 3 nitrogen and oxygen atoms in total. The average molecular weight is 216 g/mol. The standard InChI is InChI=1S/C10H20N2OS/c1-2-3-4-5-9-8(6-7-14-9)12-10(11)13/h8-9H,2-7H2,1H3,(H3,11,12,13)/t8-,9?/m0/s1. The van der Waals surface area contributed by atoms with E-state index in [0.29, 0.717) is 11.3 Å². The number of primary amides is 1. The van der Waals surface area contributed by atoms with Gasteiger partial charge in [0, 0.05) is 11.3 Å². The Morgan fingerprint density at radius 3 is 3.00 bits per heavy atom. The van der Waals surface area contributed by atoms with E-state index in [1.807, 2.05) is 11.8 Å². The summed E-state index contributed by atoms with van der Waals surface area (Å²) < 4.78 is 0. The molecule has 0 aliphatic carbocycles. The van der Waals surface area contributed by atoms with Crippen molar-refractivity contribution in [3.63, 3.8) is 0 Å². The Morgan fingerprint density at radius 2 is 2.36 bits per heavy atom. The average Bonchev–Trinajstić information content (AvgIpc) is 2.52. The molecule has 3 N–H and O–H groups in total. The number of rotatable bonds is 5. The van der Waals surface area contributed by atoms with Gasteiger partial charge in [-0.05, 0) is 18.6 Å². The van der Waals surface area contributed by atoms with E-state index in [9.17, 15) is 4.79 Å². The lowest BCUT2D eigenvalue weighted by atomic mass is 10.1. The predicted molar refractivity (Wildman–Crippen MR) is 61.5 cm³/mol. The van der Waals surface area contributed by atoms with Crippen molar-refractivity contribution in [2.24, 2.45) is 5.73 Å². The van der Waals surface area contributed by atoms with Gasteiger partial charge in [-0.3, -0.25) is 0 Å². The molecule has 2 amide bonds. The molecule has 14 heavy (non-hydrogen) atoms. The van der Waals surface area contributed by atoms with Crippen molar-refractivity contribution in [1.29, 1.82) is 0 Å². The van der Waals surface area contributed by atoms with E-state index < -0.39 is 0 Å². The Kier molecular flexibility index (Phi) is 5.15. The van der Waals surface area contributed by atoms with Gasteiger partial charge >= 0.3 is 6.03 Å². The van der Waals surface area contributed by atoms with Crippen LogP contribution in [0.25, 0.3) is 0 Å². The molecule has 1 aliphatic heterocycles. The van der Waals surface area contributed by atoms with Crippen molar-refractivity contribution in [3.05, 3.63) is 0 Å². The van der Waals surface area contributed by atoms with Crippen LogP contribution in [-0.4, -0.2) is 23.1 Å². The summed E-state index contributed by atoms with van der Waals surface area (Å²) in [6.07, 6.45) is 6.10. The van der Waals surface area contributed by atoms with Crippen LogP contribution in [0, 0.1) is 0 Å². The third kappa shape index (κ3) is 3.78. The van der Waals surface area contributed by atoms with Gasteiger partial charge in [0.2, 0.25) is 0 Å². The van der Waals surface area contributed by atoms with Crippen LogP contribution in [0.5, 0.6) is 0 Å². The van der Waals surface area contributed by atoms with E-state index in [1.165, 1.54) is 25.7 Å². The van der Waals surface area contributed by atoms with Gasteiger partial charge in [-0.25, -0.2) is 4.79 Å². The number of nitrogens with one attached hydrogen (secondary N) is 1. The maximum absolute atomic E-state index is 10.7. The first-order chi connectivity index (χ1) is 6.74. The summed E-state index contributed by atoms with van der Waals surface area (Å²) in [4.78, 5) is 10.7. The van der Waals surface area contributed by atoms with Crippen molar-refractivity contribution in [1.82, 2.24) is 5.32 Å². The molecule has 82 valence electrons. The van der Waals surface area contributed by atoms with Crippen LogP contribution in [0.15, 0.2) is 0 Å². The highest BCUT2D eigenvalue weighted by atomic mass is 32.2. The molecule has 1 saturated heterocycles. The molecular weight excluding hydrogens is 196 g/mol. The van der Waals surface area contributed by atoms with Crippen LogP contribution in [0.2, 0.25) is 0 Å². The van der Waals surface area contributed by atoms with Crippen LogP contribution in [0.4, 0.5) is 4.79 Å². The van der Waals surface area contributed by atoms with E-state index in [0.717, 1.165) is 12.2 Å². The molecule has 1 aliphatic rings. The van der Waals surface area contributed by atoms with Crippen LogP contribution >= 0.6 is 11.8 Å². The number of hydrogen-bond acceptors (Lipinski definition) is 2. The number of hydrogen-bond donors (Lipinski definition) is 2. The number of amides is 2. The second-order valence-corrected chi connectivity index (χ2v) is 5.16. The number of carbonyl (C=O) groups excluding carboxylic acids is 1. The van der Waals surface area contributed by atoms with Gasteiger partial charge < -0.3 is 11.1 Å². The maximum Gasteiger partial charge on any atom is 0.312 e. The Balaban J connectivity index is 2.24. The van der Waals surface area contributed by atoms with Crippen LogP contribution in [0.1, 0.15) is 39.0 Å². The summed E-state index contributed by atoms with van der Waals surface area (Å²) in [5.41, 5.74) is 5.13. The van der Waals surface area contributed by atoms with E-state index >= 15 is 0 Å². The number of thioether (sulfide) groups is 1. The highest BCUT2D eigenvalue weighted by Crippen LogP contribution is 2.30. The highest BCUT2D eigenvalue weighted by Gasteiger charge is 2.27. The SMILES string of the molecule is CCCCCC1SCC[C@@H]1NC(N)=O. The lowest BCUT2D eigenvalue weighted by molar-refractivity contribution is 0.244. The minimum absolute atomic E-state index is 0.314. The smallest absolute Gasteiger partial charge is 0.312 e. The summed E-state index contributed by atoms with van der Waals surface area (Å²) in [5.74, 6) is 1.15. The van der Waals surface area contributed by atoms with Crippen molar-refractivity contribution in [2.75, 3.05) is 5.75 Å². The Bertz CT molecular complexity index is 187. The predicted octanol–water partition coefficient (Wildman–Crippen LogP) is 2.11. The fraction of sp³-hybridized carbons (Fsp3) is 0.900. The summed E-state index contributed by atoms with van der Waals surface area (Å²) >= 11 is 1.97. The lowest BCUT2D eigenvalue weighted by Gasteiger charge is -2.18. The fourth-order valence-corrected chi connectivity index (χ4v) is 3.34. The molecule has 1 fully saturated rings. The molecule has 4 heteroatoms. The van der Waals surface area contributed by atoms with Crippen LogP contribution in [-0.2, 0) is 0 Å². The number of urea groups is 1. The van der Waals surface area contributed by atoms with Gasteiger partial charge in [0.05, 0.1) is 0 Å². The molecule has 0 aromatic carbocycles. The molecule has 1 unspecified atom stereocenters. The normalized spacial score (nSPS) is 26.4. The Morgan fingerprint density at radius 1 is 1.57 bits per heavy atom. The third-order valence-corrected chi connectivity index (χ3v) is 4.09. The second-order valence-electron chi connectivity index (χ2n) is 3.81.